The zero-order valence-electron chi connectivity index (χ0n) is 12.5. The number of anilines is 2. The number of hydrogen-bond donors (Lipinski definition) is 1. The van der Waals surface area contributed by atoms with Gasteiger partial charge in [0.25, 0.3) is 0 Å². The fraction of sp³-hybridized carbons (Fsp3) is 0.353. The third kappa shape index (κ3) is 3.52. The number of nitrogens with two attached hydrogens (primary N) is 1. The first-order chi connectivity index (χ1) is 10.2. The lowest BCUT2D eigenvalue weighted by Crippen LogP contribution is -2.46. The molecule has 3 rings (SSSR count). The van der Waals surface area contributed by atoms with Gasteiger partial charge < -0.3 is 10.6 Å². The smallest absolute Gasteiger partial charge is 0.123 e. The molecule has 1 fully saturated rings. The lowest BCUT2D eigenvalue weighted by molar-refractivity contribution is 0.250. The van der Waals surface area contributed by atoms with Gasteiger partial charge in [0.2, 0.25) is 0 Å². The van der Waals surface area contributed by atoms with Crippen molar-refractivity contribution in [3.8, 4) is 0 Å². The van der Waals surface area contributed by atoms with Crippen LogP contribution < -0.4 is 10.6 Å². The van der Waals surface area contributed by atoms with Gasteiger partial charge in [0.05, 0.1) is 11.9 Å². The van der Waals surface area contributed by atoms with E-state index >= 15 is 0 Å². The Morgan fingerprint density at radius 2 is 1.90 bits per heavy atom. The Morgan fingerprint density at radius 1 is 1.10 bits per heavy atom. The maximum absolute atomic E-state index is 5.64. The highest BCUT2D eigenvalue weighted by Gasteiger charge is 2.17. The first-order valence-corrected chi connectivity index (χ1v) is 7.45. The van der Waals surface area contributed by atoms with Crippen molar-refractivity contribution in [3.05, 3.63) is 53.7 Å². The van der Waals surface area contributed by atoms with Gasteiger partial charge in [-0.25, -0.2) is 4.98 Å². The van der Waals surface area contributed by atoms with Crippen LogP contribution in [0.2, 0.25) is 0 Å². The third-order valence-electron chi connectivity index (χ3n) is 4.00. The summed E-state index contributed by atoms with van der Waals surface area (Å²) in [4.78, 5) is 9.06. The average Bonchev–Trinajstić information content (AvgIpc) is 2.49. The number of hydrogen-bond acceptors (Lipinski definition) is 4. The van der Waals surface area contributed by atoms with E-state index in [9.17, 15) is 0 Å². The van der Waals surface area contributed by atoms with Crippen LogP contribution in [0.3, 0.4) is 0 Å². The number of aryl methyl sites for hydroxylation is 1. The third-order valence-corrected chi connectivity index (χ3v) is 4.00. The van der Waals surface area contributed by atoms with Crippen molar-refractivity contribution in [1.82, 2.24) is 9.88 Å². The van der Waals surface area contributed by atoms with Gasteiger partial charge in [0, 0.05) is 32.7 Å². The van der Waals surface area contributed by atoms with E-state index in [1.54, 1.807) is 0 Å². The topological polar surface area (TPSA) is 45.4 Å². The van der Waals surface area contributed by atoms with Crippen LogP contribution in [0.25, 0.3) is 0 Å². The van der Waals surface area contributed by atoms with Crippen LogP contribution in [0.15, 0.2) is 42.6 Å². The predicted molar refractivity (Wildman–Crippen MR) is 87.3 cm³/mol. The molecule has 4 heteroatoms. The average molecular weight is 282 g/mol. The number of aromatic nitrogens is 1. The van der Waals surface area contributed by atoms with Crippen molar-refractivity contribution in [2.45, 2.75) is 13.5 Å². The Labute approximate surface area is 126 Å². The molecule has 0 saturated carbocycles. The molecule has 1 aliphatic heterocycles. The highest BCUT2D eigenvalue weighted by molar-refractivity contribution is 5.48. The molecule has 0 aliphatic carbocycles. The highest BCUT2D eigenvalue weighted by atomic mass is 15.3. The summed E-state index contributed by atoms with van der Waals surface area (Å²) in [5.74, 6) is 0.580. The summed E-state index contributed by atoms with van der Waals surface area (Å²) in [5.41, 5.74) is 9.54. The van der Waals surface area contributed by atoms with E-state index in [4.69, 9.17) is 5.73 Å². The molecule has 0 atom stereocenters. The van der Waals surface area contributed by atoms with Gasteiger partial charge in [-0.2, -0.15) is 0 Å². The van der Waals surface area contributed by atoms with Crippen molar-refractivity contribution in [1.29, 1.82) is 0 Å². The minimum absolute atomic E-state index is 0.580. The lowest BCUT2D eigenvalue weighted by atomic mass is 10.1. The van der Waals surface area contributed by atoms with Crippen LogP contribution in [-0.4, -0.2) is 36.1 Å². The van der Waals surface area contributed by atoms with E-state index in [0.29, 0.717) is 5.82 Å². The van der Waals surface area contributed by atoms with E-state index in [1.165, 1.54) is 16.8 Å². The molecule has 0 amide bonds. The molecule has 0 bridgehead atoms. The molecule has 110 valence electrons. The van der Waals surface area contributed by atoms with Gasteiger partial charge in [0.1, 0.15) is 5.82 Å². The molecule has 21 heavy (non-hydrogen) atoms. The molecule has 0 radical (unpaired) electrons. The van der Waals surface area contributed by atoms with Gasteiger partial charge in [-0.15, -0.1) is 0 Å². The second-order valence-corrected chi connectivity index (χ2v) is 5.69. The SMILES string of the molecule is Cc1cccc(CN2CCN(c3ccc(N)nc3)CC2)c1. The first-order valence-electron chi connectivity index (χ1n) is 7.45. The fourth-order valence-corrected chi connectivity index (χ4v) is 2.82. The lowest BCUT2D eigenvalue weighted by Gasteiger charge is -2.36. The molecular weight excluding hydrogens is 260 g/mol. The number of rotatable bonds is 3. The van der Waals surface area contributed by atoms with Gasteiger partial charge in [-0.1, -0.05) is 29.8 Å². The van der Waals surface area contributed by atoms with E-state index in [2.05, 4.69) is 52.0 Å². The van der Waals surface area contributed by atoms with Crippen molar-refractivity contribution < 1.29 is 0 Å². The van der Waals surface area contributed by atoms with E-state index in [-0.39, 0.29) is 0 Å². The summed E-state index contributed by atoms with van der Waals surface area (Å²) >= 11 is 0. The molecule has 2 aromatic rings. The summed E-state index contributed by atoms with van der Waals surface area (Å²) in [5, 5.41) is 0. The molecule has 1 saturated heterocycles. The molecular formula is C17H22N4. The largest absolute Gasteiger partial charge is 0.384 e. The van der Waals surface area contributed by atoms with Crippen LogP contribution >= 0.6 is 0 Å². The number of nitrogen functional groups attached to an aromatic ring is 1. The maximum atomic E-state index is 5.64. The summed E-state index contributed by atoms with van der Waals surface area (Å²) < 4.78 is 0. The molecule has 0 unspecified atom stereocenters. The number of nitrogens with zero attached hydrogens (tertiary/aromatic N) is 3. The molecule has 1 aliphatic rings. The van der Waals surface area contributed by atoms with Crippen molar-refractivity contribution in [3.63, 3.8) is 0 Å². The molecule has 4 nitrogen and oxygen atoms in total. The maximum Gasteiger partial charge on any atom is 0.123 e. The van der Waals surface area contributed by atoms with E-state index in [1.807, 2.05) is 12.3 Å². The monoisotopic (exact) mass is 282 g/mol. The van der Waals surface area contributed by atoms with Crippen molar-refractivity contribution in [2.24, 2.45) is 0 Å². The zero-order chi connectivity index (χ0) is 14.7. The molecule has 1 aromatic carbocycles. The Bertz CT molecular complexity index is 586. The number of benzene rings is 1. The second kappa shape index (κ2) is 6.14. The number of pyridine rings is 1. The molecule has 0 spiro atoms. The second-order valence-electron chi connectivity index (χ2n) is 5.69. The van der Waals surface area contributed by atoms with Gasteiger partial charge in [-0.05, 0) is 24.6 Å². The van der Waals surface area contributed by atoms with Crippen LogP contribution in [0.5, 0.6) is 0 Å². The van der Waals surface area contributed by atoms with Crippen molar-refractivity contribution in [2.75, 3.05) is 36.8 Å². The Balaban J connectivity index is 1.56. The minimum Gasteiger partial charge on any atom is -0.384 e. The molecule has 1 aromatic heterocycles. The van der Waals surface area contributed by atoms with Crippen molar-refractivity contribution >= 4 is 11.5 Å². The first kappa shape index (κ1) is 13.9. The highest BCUT2D eigenvalue weighted by Crippen LogP contribution is 2.17. The van der Waals surface area contributed by atoms with Crippen LogP contribution in [0, 0.1) is 6.92 Å². The quantitative estimate of drug-likeness (QED) is 0.938. The Hall–Kier alpha value is -2.07. The predicted octanol–water partition coefficient (Wildman–Crippen LogP) is 2.29. The zero-order valence-corrected chi connectivity index (χ0v) is 12.5. The minimum atomic E-state index is 0.580. The van der Waals surface area contributed by atoms with Gasteiger partial charge >= 0.3 is 0 Å². The fourth-order valence-electron chi connectivity index (χ4n) is 2.82. The van der Waals surface area contributed by atoms with Crippen LogP contribution in [0.1, 0.15) is 11.1 Å². The standard InChI is InChI=1S/C17H22N4/c1-14-3-2-4-15(11-14)13-20-7-9-21(10-8-20)16-5-6-17(18)19-12-16/h2-6,11-12H,7-10,13H2,1H3,(H2,18,19). The van der Waals surface area contributed by atoms with Gasteiger partial charge in [0.15, 0.2) is 0 Å². The van der Waals surface area contributed by atoms with E-state index < -0.39 is 0 Å². The Kier molecular flexibility index (Phi) is 4.06. The summed E-state index contributed by atoms with van der Waals surface area (Å²) in [6, 6.07) is 12.7. The summed E-state index contributed by atoms with van der Waals surface area (Å²) in [7, 11) is 0. The Morgan fingerprint density at radius 3 is 2.57 bits per heavy atom. The molecule has 2 N–H and O–H groups in total. The van der Waals surface area contributed by atoms with Crippen LogP contribution in [-0.2, 0) is 6.54 Å². The van der Waals surface area contributed by atoms with E-state index in [0.717, 1.165) is 32.7 Å². The normalized spacial score (nSPS) is 16.1. The van der Waals surface area contributed by atoms with Crippen LogP contribution in [0.4, 0.5) is 11.5 Å². The summed E-state index contributed by atoms with van der Waals surface area (Å²) in [6.45, 7) is 7.43. The number of piperazine rings is 1. The summed E-state index contributed by atoms with van der Waals surface area (Å²) in [6.07, 6.45) is 1.87. The van der Waals surface area contributed by atoms with Gasteiger partial charge in [-0.3, -0.25) is 4.90 Å². The molecule has 2 heterocycles.